The summed E-state index contributed by atoms with van der Waals surface area (Å²) in [6.45, 7) is 10.9. The van der Waals surface area contributed by atoms with Crippen molar-refractivity contribution in [1.82, 2.24) is 0 Å². The van der Waals surface area contributed by atoms with E-state index in [1.165, 1.54) is 38.5 Å². The van der Waals surface area contributed by atoms with Crippen LogP contribution in [0.4, 0.5) is 0 Å². The van der Waals surface area contributed by atoms with Crippen LogP contribution in [0.5, 0.6) is 0 Å². The van der Waals surface area contributed by atoms with Gasteiger partial charge >= 0.3 is 0 Å². The van der Waals surface area contributed by atoms with Crippen LogP contribution in [0, 0.1) is 12.3 Å². The molecule has 73 valence electrons. The smallest absolute Gasteiger partial charge is 0.0303 e. The van der Waals surface area contributed by atoms with Crippen molar-refractivity contribution in [2.75, 3.05) is 0 Å². The van der Waals surface area contributed by atoms with Crippen LogP contribution in [0.2, 0.25) is 0 Å². The molecular weight excluding hydrogens is 144 g/mol. The highest BCUT2D eigenvalue weighted by Crippen LogP contribution is 2.37. The highest BCUT2D eigenvalue weighted by Gasteiger charge is 2.23. The van der Waals surface area contributed by atoms with Crippen molar-refractivity contribution in [3.05, 3.63) is 6.92 Å². The third kappa shape index (κ3) is 3.60. The molecule has 0 aliphatic heterocycles. The molecule has 0 aromatic heterocycles. The van der Waals surface area contributed by atoms with Gasteiger partial charge in [0.2, 0.25) is 0 Å². The molecule has 0 nitrogen and oxygen atoms in total. The molecule has 0 unspecified atom stereocenters. The lowest BCUT2D eigenvalue weighted by atomic mass is 9.74. The molecule has 0 aromatic carbocycles. The summed E-state index contributed by atoms with van der Waals surface area (Å²) in [4.78, 5) is 0. The summed E-state index contributed by atoms with van der Waals surface area (Å²) in [7, 11) is 0. The third-order valence-corrected chi connectivity index (χ3v) is 3.24. The minimum Gasteiger partial charge on any atom is -0.0654 e. The van der Waals surface area contributed by atoms with Gasteiger partial charge in [-0.2, -0.15) is 0 Å². The molecule has 0 fully saturated rings. The molecule has 0 saturated heterocycles. The van der Waals surface area contributed by atoms with E-state index < -0.39 is 0 Å². The molecule has 0 aliphatic carbocycles. The van der Waals surface area contributed by atoms with E-state index in [0.717, 1.165) is 6.42 Å². The third-order valence-electron chi connectivity index (χ3n) is 3.24. The van der Waals surface area contributed by atoms with E-state index >= 15 is 0 Å². The topological polar surface area (TPSA) is 0 Å². The summed E-state index contributed by atoms with van der Waals surface area (Å²) in [6, 6.07) is 0. The lowest BCUT2D eigenvalue weighted by Gasteiger charge is -2.31. The lowest BCUT2D eigenvalue weighted by molar-refractivity contribution is 0.211. The highest BCUT2D eigenvalue weighted by molar-refractivity contribution is 4.76. The van der Waals surface area contributed by atoms with Crippen molar-refractivity contribution in [1.29, 1.82) is 0 Å². The summed E-state index contributed by atoms with van der Waals surface area (Å²) in [5.41, 5.74) is 0.645. The monoisotopic (exact) mass is 169 g/mol. The van der Waals surface area contributed by atoms with Crippen molar-refractivity contribution in [2.45, 2.75) is 65.7 Å². The van der Waals surface area contributed by atoms with E-state index in [1.807, 2.05) is 0 Å². The van der Waals surface area contributed by atoms with Crippen LogP contribution in [0.25, 0.3) is 0 Å². The van der Waals surface area contributed by atoms with Crippen molar-refractivity contribution < 1.29 is 0 Å². The van der Waals surface area contributed by atoms with Crippen LogP contribution >= 0.6 is 0 Å². The first-order chi connectivity index (χ1) is 5.74. The maximum absolute atomic E-state index is 3.92. The average Bonchev–Trinajstić information content (AvgIpc) is 2.13. The van der Waals surface area contributed by atoms with Crippen molar-refractivity contribution >= 4 is 0 Å². The number of unbranched alkanes of at least 4 members (excludes halogenated alkanes) is 1. The van der Waals surface area contributed by atoms with E-state index in [1.54, 1.807) is 0 Å². The van der Waals surface area contributed by atoms with Crippen molar-refractivity contribution in [2.24, 2.45) is 5.41 Å². The molecule has 1 radical (unpaired) electrons. The molecule has 0 aliphatic rings. The van der Waals surface area contributed by atoms with Crippen LogP contribution in [0.15, 0.2) is 0 Å². The van der Waals surface area contributed by atoms with Crippen molar-refractivity contribution in [3.63, 3.8) is 0 Å². The Morgan fingerprint density at radius 1 is 1.00 bits per heavy atom. The van der Waals surface area contributed by atoms with Crippen molar-refractivity contribution in [3.8, 4) is 0 Å². The van der Waals surface area contributed by atoms with Gasteiger partial charge in [0.15, 0.2) is 0 Å². The second kappa shape index (κ2) is 6.51. The summed E-state index contributed by atoms with van der Waals surface area (Å²) < 4.78 is 0. The molecule has 0 rings (SSSR count). The molecule has 0 atom stereocenters. The number of hydrogen-bond donors (Lipinski definition) is 0. The van der Waals surface area contributed by atoms with E-state index in [-0.39, 0.29) is 0 Å². The Morgan fingerprint density at radius 3 is 1.92 bits per heavy atom. The predicted octanol–water partition coefficient (Wildman–Crippen LogP) is 4.60. The second-order valence-corrected chi connectivity index (χ2v) is 3.91. The quantitative estimate of drug-likeness (QED) is 0.522. The Kier molecular flexibility index (Phi) is 6.51. The SMILES string of the molecule is [CH2]CCCC(CC)(CC)CCC. The fraction of sp³-hybridized carbons (Fsp3) is 0.917. The predicted molar refractivity (Wildman–Crippen MR) is 57.1 cm³/mol. The van der Waals surface area contributed by atoms with Crippen LogP contribution < -0.4 is 0 Å². The molecule has 12 heavy (non-hydrogen) atoms. The molecule has 0 heteroatoms. The van der Waals surface area contributed by atoms with Crippen LogP contribution in [-0.2, 0) is 0 Å². The minimum absolute atomic E-state index is 0.645. The first kappa shape index (κ1) is 12.0. The van der Waals surface area contributed by atoms with Gasteiger partial charge in [-0.05, 0) is 18.3 Å². The lowest BCUT2D eigenvalue weighted by Crippen LogP contribution is -2.18. The summed E-state index contributed by atoms with van der Waals surface area (Å²) in [6.07, 6.45) is 9.22. The Bertz CT molecular complexity index is 90.2. The van der Waals surface area contributed by atoms with E-state index in [2.05, 4.69) is 27.7 Å². The Hall–Kier alpha value is 0. The molecule has 0 spiro atoms. The fourth-order valence-corrected chi connectivity index (χ4v) is 2.11. The maximum Gasteiger partial charge on any atom is -0.0303 e. The fourth-order valence-electron chi connectivity index (χ4n) is 2.11. The van der Waals surface area contributed by atoms with Gasteiger partial charge in [-0.3, -0.25) is 0 Å². The number of hydrogen-bond acceptors (Lipinski definition) is 0. The van der Waals surface area contributed by atoms with Gasteiger partial charge < -0.3 is 0 Å². The van der Waals surface area contributed by atoms with Gasteiger partial charge in [-0.15, -0.1) is 0 Å². The van der Waals surface area contributed by atoms with E-state index in [4.69, 9.17) is 0 Å². The minimum atomic E-state index is 0.645. The molecule has 0 heterocycles. The summed E-state index contributed by atoms with van der Waals surface area (Å²) in [5, 5.41) is 0. The number of rotatable bonds is 7. The van der Waals surface area contributed by atoms with Gasteiger partial charge in [0.25, 0.3) is 0 Å². The van der Waals surface area contributed by atoms with Gasteiger partial charge in [0.05, 0.1) is 0 Å². The molecule has 0 aromatic rings. The van der Waals surface area contributed by atoms with Crippen LogP contribution in [-0.4, -0.2) is 0 Å². The first-order valence-electron chi connectivity index (χ1n) is 5.54. The molecule has 0 bridgehead atoms. The summed E-state index contributed by atoms with van der Waals surface area (Å²) >= 11 is 0. The molecular formula is C12H25. The van der Waals surface area contributed by atoms with Gasteiger partial charge in [-0.1, -0.05) is 59.8 Å². The van der Waals surface area contributed by atoms with Crippen LogP contribution in [0.3, 0.4) is 0 Å². The average molecular weight is 169 g/mol. The molecule has 0 saturated carbocycles. The zero-order valence-corrected chi connectivity index (χ0v) is 9.16. The molecule has 0 N–H and O–H groups in total. The molecule has 0 amide bonds. The van der Waals surface area contributed by atoms with Gasteiger partial charge in [0.1, 0.15) is 0 Å². The van der Waals surface area contributed by atoms with E-state index in [0.29, 0.717) is 5.41 Å². The second-order valence-electron chi connectivity index (χ2n) is 3.91. The van der Waals surface area contributed by atoms with Gasteiger partial charge in [0, 0.05) is 0 Å². The standard InChI is InChI=1S/C12H25/c1-5-9-11-12(7-3,8-4)10-6-2/h1,5-11H2,2-4H3. The van der Waals surface area contributed by atoms with Crippen LogP contribution in [0.1, 0.15) is 65.7 Å². The highest BCUT2D eigenvalue weighted by atomic mass is 14.3. The van der Waals surface area contributed by atoms with Gasteiger partial charge in [-0.25, -0.2) is 0 Å². The summed E-state index contributed by atoms with van der Waals surface area (Å²) in [5.74, 6) is 0. The maximum atomic E-state index is 3.92. The van der Waals surface area contributed by atoms with E-state index in [9.17, 15) is 0 Å². The first-order valence-corrected chi connectivity index (χ1v) is 5.54. The Morgan fingerprint density at radius 2 is 1.58 bits per heavy atom. The zero-order chi connectivity index (χ0) is 9.45. The zero-order valence-electron chi connectivity index (χ0n) is 9.16. The largest absolute Gasteiger partial charge is 0.0654 e. The Labute approximate surface area is 78.8 Å². The Balaban J connectivity index is 3.95. The normalized spacial score (nSPS) is 12.0.